The van der Waals surface area contributed by atoms with Crippen molar-refractivity contribution in [1.82, 2.24) is 10.6 Å². The molecule has 0 radical (unpaired) electrons. The average Bonchev–Trinajstić information content (AvgIpc) is 3.07. The molecule has 26 heavy (non-hydrogen) atoms. The van der Waals surface area contributed by atoms with Crippen LogP contribution in [0.3, 0.4) is 0 Å². The highest BCUT2D eigenvalue weighted by Gasteiger charge is 2.12. The maximum atomic E-state index is 11.9. The Kier molecular flexibility index (Phi) is 7.52. The second-order valence-electron chi connectivity index (χ2n) is 5.18. The minimum absolute atomic E-state index is 0.135. The van der Waals surface area contributed by atoms with E-state index in [4.69, 9.17) is 13.9 Å². The van der Waals surface area contributed by atoms with Gasteiger partial charge in [-0.05, 0) is 52.2 Å². The standard InChI is InChI=1S/C17H18Br2N2O5/c1-24-13-7-10(11(18)8-14(13)25-2)5-6-20-16(22)9-21-17(23)12-3-4-15(19)26-12/h3-4,7-8H,5-6,9H2,1-2H3,(H,20,22)(H,21,23). The third kappa shape index (κ3) is 5.50. The van der Waals surface area contributed by atoms with Crippen LogP contribution in [0.5, 0.6) is 11.5 Å². The number of carbonyl (C=O) groups is 2. The van der Waals surface area contributed by atoms with Crippen LogP contribution in [-0.4, -0.2) is 39.1 Å². The zero-order chi connectivity index (χ0) is 19.1. The Hall–Kier alpha value is -2.00. The van der Waals surface area contributed by atoms with Gasteiger partial charge >= 0.3 is 0 Å². The lowest BCUT2D eigenvalue weighted by molar-refractivity contribution is -0.120. The quantitative estimate of drug-likeness (QED) is 0.595. The number of hydrogen-bond donors (Lipinski definition) is 2. The fourth-order valence-corrected chi connectivity index (χ4v) is 3.00. The predicted octanol–water partition coefficient (Wildman–Crippen LogP) is 2.91. The van der Waals surface area contributed by atoms with E-state index in [1.807, 2.05) is 12.1 Å². The van der Waals surface area contributed by atoms with Crippen molar-refractivity contribution < 1.29 is 23.5 Å². The van der Waals surface area contributed by atoms with Gasteiger partial charge in [-0.25, -0.2) is 0 Å². The Bertz CT molecular complexity index is 791. The Morgan fingerprint density at radius 1 is 1.08 bits per heavy atom. The van der Waals surface area contributed by atoms with E-state index in [-0.39, 0.29) is 18.2 Å². The highest BCUT2D eigenvalue weighted by molar-refractivity contribution is 9.10. The summed E-state index contributed by atoms with van der Waals surface area (Å²) in [7, 11) is 3.14. The SMILES string of the molecule is COc1cc(Br)c(CCNC(=O)CNC(=O)c2ccc(Br)o2)cc1OC. The molecule has 9 heteroatoms. The molecule has 7 nitrogen and oxygen atoms in total. The highest BCUT2D eigenvalue weighted by atomic mass is 79.9. The third-order valence-corrected chi connectivity index (χ3v) is 4.64. The number of methoxy groups -OCH3 is 2. The Balaban J connectivity index is 1.80. The van der Waals surface area contributed by atoms with Gasteiger partial charge in [0.2, 0.25) is 5.91 Å². The number of ether oxygens (including phenoxy) is 2. The monoisotopic (exact) mass is 488 g/mol. The van der Waals surface area contributed by atoms with Crippen molar-refractivity contribution in [2.24, 2.45) is 0 Å². The van der Waals surface area contributed by atoms with Gasteiger partial charge in [-0.2, -0.15) is 0 Å². The first-order valence-corrected chi connectivity index (χ1v) is 9.23. The first-order valence-electron chi connectivity index (χ1n) is 7.65. The minimum Gasteiger partial charge on any atom is -0.493 e. The zero-order valence-electron chi connectivity index (χ0n) is 14.2. The van der Waals surface area contributed by atoms with Crippen LogP contribution in [0.1, 0.15) is 16.1 Å². The molecule has 1 aromatic heterocycles. The van der Waals surface area contributed by atoms with E-state index >= 15 is 0 Å². The van der Waals surface area contributed by atoms with Gasteiger partial charge in [0, 0.05) is 11.0 Å². The van der Waals surface area contributed by atoms with Crippen LogP contribution in [0.2, 0.25) is 0 Å². The molecular formula is C17H18Br2N2O5. The van der Waals surface area contributed by atoms with Crippen molar-refractivity contribution in [2.75, 3.05) is 27.3 Å². The average molecular weight is 490 g/mol. The summed E-state index contributed by atoms with van der Waals surface area (Å²) in [5.41, 5.74) is 0.965. The van der Waals surface area contributed by atoms with Crippen molar-refractivity contribution in [3.05, 3.63) is 44.7 Å². The summed E-state index contributed by atoms with van der Waals surface area (Å²) >= 11 is 6.59. The summed E-state index contributed by atoms with van der Waals surface area (Å²) in [6.45, 7) is 0.277. The number of benzene rings is 1. The zero-order valence-corrected chi connectivity index (χ0v) is 17.4. The second-order valence-corrected chi connectivity index (χ2v) is 6.82. The van der Waals surface area contributed by atoms with Crippen LogP contribution in [0.25, 0.3) is 0 Å². The van der Waals surface area contributed by atoms with Crippen LogP contribution < -0.4 is 20.1 Å². The summed E-state index contributed by atoms with van der Waals surface area (Å²) in [6, 6.07) is 6.80. The molecule has 140 valence electrons. The van der Waals surface area contributed by atoms with Crippen molar-refractivity contribution in [2.45, 2.75) is 6.42 Å². The number of furan rings is 1. The molecule has 0 unspecified atom stereocenters. The largest absolute Gasteiger partial charge is 0.493 e. The molecule has 0 aliphatic rings. The van der Waals surface area contributed by atoms with Gasteiger partial charge in [-0.15, -0.1) is 0 Å². The fraction of sp³-hybridized carbons (Fsp3) is 0.294. The lowest BCUT2D eigenvalue weighted by atomic mass is 10.1. The first-order chi connectivity index (χ1) is 12.4. The lowest BCUT2D eigenvalue weighted by Gasteiger charge is -2.12. The van der Waals surface area contributed by atoms with Gasteiger partial charge in [0.05, 0.1) is 20.8 Å². The van der Waals surface area contributed by atoms with Gasteiger partial charge in [0.1, 0.15) is 0 Å². The summed E-state index contributed by atoms with van der Waals surface area (Å²) < 4.78 is 16.9. The van der Waals surface area contributed by atoms with E-state index in [0.717, 1.165) is 10.0 Å². The van der Waals surface area contributed by atoms with Crippen LogP contribution in [0, 0.1) is 0 Å². The molecule has 1 aromatic carbocycles. The predicted molar refractivity (Wildman–Crippen MR) is 103 cm³/mol. The lowest BCUT2D eigenvalue weighted by Crippen LogP contribution is -2.37. The van der Waals surface area contributed by atoms with E-state index < -0.39 is 5.91 Å². The molecule has 2 N–H and O–H groups in total. The van der Waals surface area contributed by atoms with Crippen molar-refractivity contribution in [1.29, 1.82) is 0 Å². The normalized spacial score (nSPS) is 10.3. The van der Waals surface area contributed by atoms with Crippen LogP contribution in [0.4, 0.5) is 0 Å². The molecule has 0 spiro atoms. The molecule has 0 atom stereocenters. The topological polar surface area (TPSA) is 89.8 Å². The molecule has 2 aromatic rings. The molecule has 0 aliphatic heterocycles. The number of hydrogen-bond acceptors (Lipinski definition) is 5. The summed E-state index contributed by atoms with van der Waals surface area (Å²) in [6.07, 6.45) is 0.589. The highest BCUT2D eigenvalue weighted by Crippen LogP contribution is 2.33. The van der Waals surface area contributed by atoms with Crippen molar-refractivity contribution >= 4 is 43.7 Å². The second kappa shape index (κ2) is 9.63. The first kappa shape index (κ1) is 20.3. The molecule has 0 saturated heterocycles. The van der Waals surface area contributed by atoms with Crippen molar-refractivity contribution in [3.8, 4) is 11.5 Å². The van der Waals surface area contributed by atoms with E-state index in [2.05, 4.69) is 42.5 Å². The molecular weight excluding hydrogens is 472 g/mol. The number of nitrogens with one attached hydrogen (secondary N) is 2. The van der Waals surface area contributed by atoms with Gasteiger partial charge in [-0.1, -0.05) is 15.9 Å². The fourth-order valence-electron chi connectivity index (χ4n) is 2.17. The molecule has 2 rings (SSSR count). The molecule has 0 aliphatic carbocycles. The smallest absolute Gasteiger partial charge is 0.287 e. The number of halogens is 2. The van der Waals surface area contributed by atoms with E-state index in [1.54, 1.807) is 20.3 Å². The summed E-state index contributed by atoms with van der Waals surface area (Å²) in [5.74, 6) is 0.640. The molecule has 1 heterocycles. The Morgan fingerprint density at radius 2 is 1.77 bits per heavy atom. The minimum atomic E-state index is -0.450. The van der Waals surface area contributed by atoms with Gasteiger partial charge in [-0.3, -0.25) is 9.59 Å². The number of carbonyl (C=O) groups excluding carboxylic acids is 2. The van der Waals surface area contributed by atoms with Gasteiger partial charge in [0.25, 0.3) is 5.91 Å². The van der Waals surface area contributed by atoms with E-state index in [0.29, 0.717) is 29.1 Å². The van der Waals surface area contributed by atoms with Gasteiger partial charge < -0.3 is 24.5 Å². The van der Waals surface area contributed by atoms with Crippen LogP contribution in [0.15, 0.2) is 37.8 Å². The molecule has 0 bridgehead atoms. The number of rotatable bonds is 8. The van der Waals surface area contributed by atoms with E-state index in [1.165, 1.54) is 6.07 Å². The van der Waals surface area contributed by atoms with Gasteiger partial charge in [0.15, 0.2) is 21.9 Å². The maximum Gasteiger partial charge on any atom is 0.287 e. The third-order valence-electron chi connectivity index (χ3n) is 3.48. The summed E-state index contributed by atoms with van der Waals surface area (Å²) in [4.78, 5) is 23.7. The van der Waals surface area contributed by atoms with Crippen molar-refractivity contribution in [3.63, 3.8) is 0 Å². The Labute approximate surface area is 167 Å². The van der Waals surface area contributed by atoms with Crippen LogP contribution in [-0.2, 0) is 11.2 Å². The molecule has 0 fully saturated rings. The summed E-state index contributed by atoms with van der Waals surface area (Å²) in [5, 5.41) is 5.24. The molecule has 0 saturated carbocycles. The number of amides is 2. The van der Waals surface area contributed by atoms with Crippen LogP contribution >= 0.6 is 31.9 Å². The molecule has 2 amide bonds. The van der Waals surface area contributed by atoms with E-state index in [9.17, 15) is 9.59 Å². The Morgan fingerprint density at radius 3 is 2.38 bits per heavy atom. The maximum absolute atomic E-state index is 11.9.